The summed E-state index contributed by atoms with van der Waals surface area (Å²) >= 11 is 0. The van der Waals surface area contributed by atoms with Gasteiger partial charge in [0.2, 0.25) is 10.0 Å². The highest BCUT2D eigenvalue weighted by atomic mass is 32.2. The van der Waals surface area contributed by atoms with Gasteiger partial charge in [-0.1, -0.05) is 0 Å². The van der Waals surface area contributed by atoms with E-state index in [0.29, 0.717) is 18.8 Å². The zero-order valence-corrected chi connectivity index (χ0v) is 11.3. The van der Waals surface area contributed by atoms with E-state index in [1.807, 2.05) is 6.07 Å². The summed E-state index contributed by atoms with van der Waals surface area (Å²) < 4.78 is 36.1. The maximum Gasteiger partial charge on any atom is 0.242 e. The van der Waals surface area contributed by atoms with Crippen LogP contribution < -0.4 is 0 Å². The van der Waals surface area contributed by atoms with Gasteiger partial charge in [-0.05, 0) is 24.3 Å². The molecular formula is C12H14N2O4S. The first-order valence-electron chi connectivity index (χ1n) is 5.74. The maximum atomic E-state index is 12.3. The van der Waals surface area contributed by atoms with Crippen LogP contribution >= 0.6 is 0 Å². The number of hydrogen-bond acceptors (Lipinski definition) is 5. The molecule has 6 nitrogen and oxygen atoms in total. The van der Waals surface area contributed by atoms with Crippen LogP contribution in [0.4, 0.5) is 0 Å². The molecule has 1 aromatic carbocycles. The van der Waals surface area contributed by atoms with E-state index in [-0.39, 0.29) is 11.4 Å². The van der Waals surface area contributed by atoms with E-state index in [0.717, 1.165) is 0 Å². The fourth-order valence-electron chi connectivity index (χ4n) is 1.70. The Morgan fingerprint density at radius 2 is 1.89 bits per heavy atom. The van der Waals surface area contributed by atoms with E-state index >= 15 is 0 Å². The van der Waals surface area contributed by atoms with Gasteiger partial charge in [-0.2, -0.15) is 9.57 Å². The summed E-state index contributed by atoms with van der Waals surface area (Å²) in [5, 5.41) is 8.69. The number of nitrogens with zero attached hydrogens (tertiary/aromatic N) is 2. The molecule has 0 aliphatic carbocycles. The summed E-state index contributed by atoms with van der Waals surface area (Å²) in [4.78, 5) is 0.145. The van der Waals surface area contributed by atoms with Crippen LogP contribution in [-0.4, -0.2) is 45.8 Å². The summed E-state index contributed by atoms with van der Waals surface area (Å²) in [6.07, 6.45) is -0.516. The van der Waals surface area contributed by atoms with Crippen LogP contribution in [0.5, 0.6) is 0 Å². The Bertz CT molecular complexity index is 571. The molecule has 0 spiro atoms. The van der Waals surface area contributed by atoms with Gasteiger partial charge in [0, 0.05) is 7.05 Å². The number of rotatable bonds is 4. The molecule has 0 N–H and O–H groups in total. The Morgan fingerprint density at radius 1 is 1.32 bits per heavy atom. The van der Waals surface area contributed by atoms with Crippen LogP contribution in [0.1, 0.15) is 5.56 Å². The first-order valence-corrected chi connectivity index (χ1v) is 7.18. The molecule has 19 heavy (non-hydrogen) atoms. The third kappa shape index (κ3) is 3.11. The first-order chi connectivity index (χ1) is 9.04. The topological polar surface area (TPSA) is 79.6 Å². The van der Waals surface area contributed by atoms with Crippen molar-refractivity contribution in [1.82, 2.24) is 4.31 Å². The van der Waals surface area contributed by atoms with Crippen LogP contribution in [0.25, 0.3) is 0 Å². The van der Waals surface area contributed by atoms with Crippen molar-refractivity contribution >= 4 is 10.0 Å². The number of hydrogen-bond donors (Lipinski definition) is 0. The van der Waals surface area contributed by atoms with Gasteiger partial charge in [-0.15, -0.1) is 0 Å². The molecule has 1 aromatic rings. The minimum Gasteiger partial charge on any atom is -0.349 e. The lowest BCUT2D eigenvalue weighted by atomic mass is 10.2. The number of benzene rings is 1. The number of ether oxygens (including phenoxy) is 2. The predicted octanol–water partition coefficient (Wildman–Crippen LogP) is 0.552. The largest absolute Gasteiger partial charge is 0.349 e. The second-order valence-corrected chi connectivity index (χ2v) is 6.14. The van der Waals surface area contributed by atoms with Crippen molar-refractivity contribution in [2.75, 3.05) is 26.8 Å². The minimum absolute atomic E-state index is 0.141. The van der Waals surface area contributed by atoms with E-state index in [1.165, 1.54) is 35.6 Å². The molecule has 2 rings (SSSR count). The van der Waals surface area contributed by atoms with Crippen molar-refractivity contribution in [3.05, 3.63) is 29.8 Å². The van der Waals surface area contributed by atoms with Crippen molar-refractivity contribution < 1.29 is 17.9 Å². The van der Waals surface area contributed by atoms with Gasteiger partial charge in [-0.25, -0.2) is 8.42 Å². The fraction of sp³-hybridized carbons (Fsp3) is 0.417. The van der Waals surface area contributed by atoms with Crippen LogP contribution in [0.3, 0.4) is 0 Å². The highest BCUT2D eigenvalue weighted by molar-refractivity contribution is 7.89. The van der Waals surface area contributed by atoms with Crippen molar-refractivity contribution in [2.24, 2.45) is 0 Å². The van der Waals surface area contributed by atoms with Crippen molar-refractivity contribution in [3.8, 4) is 6.07 Å². The molecule has 102 valence electrons. The molecule has 0 atom stereocenters. The fourth-order valence-corrected chi connectivity index (χ4v) is 2.86. The van der Waals surface area contributed by atoms with Crippen molar-refractivity contribution in [1.29, 1.82) is 5.26 Å². The molecule has 1 heterocycles. The highest BCUT2D eigenvalue weighted by Gasteiger charge is 2.26. The molecule has 0 saturated carbocycles. The van der Waals surface area contributed by atoms with Crippen LogP contribution in [0.15, 0.2) is 29.2 Å². The zero-order chi connectivity index (χ0) is 13.9. The van der Waals surface area contributed by atoms with Crippen LogP contribution in [0, 0.1) is 11.3 Å². The Hall–Kier alpha value is -1.46. The molecule has 1 aliphatic rings. The molecule has 1 aliphatic heterocycles. The Kier molecular flexibility index (Phi) is 4.17. The quantitative estimate of drug-likeness (QED) is 0.805. The molecule has 0 bridgehead atoms. The van der Waals surface area contributed by atoms with Gasteiger partial charge in [0.25, 0.3) is 0 Å². The lowest BCUT2D eigenvalue weighted by Gasteiger charge is -2.20. The third-order valence-electron chi connectivity index (χ3n) is 2.79. The van der Waals surface area contributed by atoms with Crippen LogP contribution in [0.2, 0.25) is 0 Å². The number of likely N-dealkylation sites (N-methyl/N-ethyl adjacent to an activating group) is 1. The Morgan fingerprint density at radius 3 is 2.42 bits per heavy atom. The van der Waals surface area contributed by atoms with Crippen molar-refractivity contribution in [3.63, 3.8) is 0 Å². The van der Waals surface area contributed by atoms with E-state index in [2.05, 4.69) is 0 Å². The van der Waals surface area contributed by atoms with E-state index in [1.54, 1.807) is 0 Å². The van der Waals surface area contributed by atoms with Gasteiger partial charge in [0.1, 0.15) is 0 Å². The summed E-state index contributed by atoms with van der Waals surface area (Å²) in [6, 6.07) is 7.73. The van der Waals surface area contributed by atoms with Gasteiger partial charge < -0.3 is 9.47 Å². The molecule has 0 unspecified atom stereocenters. The average molecular weight is 282 g/mol. The molecular weight excluding hydrogens is 268 g/mol. The SMILES string of the molecule is CN(CC1OCCO1)S(=O)(=O)c1ccc(C#N)cc1. The van der Waals surface area contributed by atoms with Crippen molar-refractivity contribution in [2.45, 2.75) is 11.2 Å². The van der Waals surface area contributed by atoms with E-state index in [9.17, 15) is 8.42 Å². The average Bonchev–Trinajstić information content (AvgIpc) is 2.91. The summed E-state index contributed by atoms with van der Waals surface area (Å²) in [7, 11) is -2.12. The lowest BCUT2D eigenvalue weighted by Crippen LogP contribution is -2.34. The molecule has 0 aromatic heterocycles. The Balaban J connectivity index is 2.13. The van der Waals surface area contributed by atoms with E-state index in [4.69, 9.17) is 14.7 Å². The molecule has 7 heteroatoms. The standard InChI is InChI=1S/C12H14N2O4S/c1-14(9-12-17-6-7-18-12)19(15,16)11-4-2-10(8-13)3-5-11/h2-5,12H,6-7,9H2,1H3. The van der Waals surface area contributed by atoms with Crippen LogP contribution in [-0.2, 0) is 19.5 Å². The van der Waals surface area contributed by atoms with E-state index < -0.39 is 16.3 Å². The summed E-state index contributed by atoms with van der Waals surface area (Å²) in [5.41, 5.74) is 0.420. The maximum absolute atomic E-state index is 12.3. The third-order valence-corrected chi connectivity index (χ3v) is 4.63. The van der Waals surface area contributed by atoms with Gasteiger partial charge >= 0.3 is 0 Å². The minimum atomic E-state index is -3.59. The highest BCUT2D eigenvalue weighted by Crippen LogP contribution is 2.16. The van der Waals surface area contributed by atoms with Gasteiger partial charge in [-0.3, -0.25) is 0 Å². The number of nitriles is 1. The lowest BCUT2D eigenvalue weighted by molar-refractivity contribution is -0.0482. The monoisotopic (exact) mass is 282 g/mol. The second kappa shape index (κ2) is 5.67. The molecule has 1 saturated heterocycles. The molecule has 0 amide bonds. The normalized spacial score (nSPS) is 16.7. The summed E-state index contributed by atoms with van der Waals surface area (Å²) in [5.74, 6) is 0. The second-order valence-electron chi connectivity index (χ2n) is 4.09. The van der Waals surface area contributed by atoms with Gasteiger partial charge in [0.15, 0.2) is 6.29 Å². The first kappa shape index (κ1) is 14.0. The van der Waals surface area contributed by atoms with Gasteiger partial charge in [0.05, 0.1) is 36.3 Å². The predicted molar refractivity (Wildman–Crippen MR) is 66.7 cm³/mol. The zero-order valence-electron chi connectivity index (χ0n) is 10.4. The Labute approximate surface area is 112 Å². The smallest absolute Gasteiger partial charge is 0.242 e. The molecule has 1 fully saturated rings. The number of sulfonamides is 1. The molecule has 0 radical (unpaired) electrons. The summed E-state index contributed by atoms with van der Waals surface area (Å²) in [6.45, 7) is 1.10.